The summed E-state index contributed by atoms with van der Waals surface area (Å²) in [5.41, 5.74) is 7.71. The van der Waals surface area contributed by atoms with Gasteiger partial charge >= 0.3 is 5.97 Å². The first kappa shape index (κ1) is 14.9. The van der Waals surface area contributed by atoms with Gasteiger partial charge < -0.3 is 15.2 Å². The van der Waals surface area contributed by atoms with Gasteiger partial charge in [-0.15, -0.1) is 0 Å². The number of aryl methyl sites for hydroxylation is 2. The summed E-state index contributed by atoms with van der Waals surface area (Å²) in [6, 6.07) is 6.25. The fourth-order valence-corrected chi connectivity index (χ4v) is 2.52. The Labute approximate surface area is 120 Å². The van der Waals surface area contributed by atoms with Crippen molar-refractivity contribution >= 4 is 5.97 Å². The number of nitrogens with two attached hydrogens (primary N) is 1. The average molecular weight is 277 g/mol. The number of carbonyl (C=O) groups is 1. The third-order valence-electron chi connectivity index (χ3n) is 3.86. The number of hydrogen-bond acceptors (Lipinski definition) is 4. The predicted molar refractivity (Wildman–Crippen MR) is 77.8 cm³/mol. The van der Waals surface area contributed by atoms with E-state index in [0.29, 0.717) is 13.0 Å². The Morgan fingerprint density at radius 1 is 1.30 bits per heavy atom. The van der Waals surface area contributed by atoms with Crippen molar-refractivity contribution in [1.29, 1.82) is 0 Å². The van der Waals surface area contributed by atoms with Gasteiger partial charge in [-0.3, -0.25) is 4.79 Å². The summed E-state index contributed by atoms with van der Waals surface area (Å²) in [5.74, 6) is 0.442. The molecular weight excluding hydrogens is 254 g/mol. The zero-order valence-electron chi connectivity index (χ0n) is 12.3. The molecule has 0 bridgehead atoms. The van der Waals surface area contributed by atoms with E-state index in [1.165, 1.54) is 37.5 Å². The van der Waals surface area contributed by atoms with E-state index in [0.717, 1.165) is 12.2 Å². The summed E-state index contributed by atoms with van der Waals surface area (Å²) in [7, 11) is 1.35. The summed E-state index contributed by atoms with van der Waals surface area (Å²) in [6.07, 6.45) is 5.25. The van der Waals surface area contributed by atoms with E-state index in [2.05, 4.69) is 16.9 Å². The van der Waals surface area contributed by atoms with E-state index in [1.807, 2.05) is 6.07 Å². The van der Waals surface area contributed by atoms with Gasteiger partial charge in [0.2, 0.25) is 0 Å². The lowest BCUT2D eigenvalue weighted by Crippen LogP contribution is -2.46. The highest BCUT2D eigenvalue weighted by molar-refractivity contribution is 5.79. The maximum atomic E-state index is 11.5. The van der Waals surface area contributed by atoms with Gasteiger partial charge in [0, 0.05) is 6.42 Å². The minimum absolute atomic E-state index is 0.404. The van der Waals surface area contributed by atoms with E-state index in [4.69, 9.17) is 10.5 Å². The Hall–Kier alpha value is -1.55. The minimum atomic E-state index is -0.997. The highest BCUT2D eigenvalue weighted by atomic mass is 16.5. The first-order valence-electron chi connectivity index (χ1n) is 7.15. The second-order valence-electron chi connectivity index (χ2n) is 5.65. The van der Waals surface area contributed by atoms with Crippen LogP contribution < -0.4 is 10.5 Å². The lowest BCUT2D eigenvalue weighted by atomic mass is 9.92. The van der Waals surface area contributed by atoms with Crippen LogP contribution in [0.3, 0.4) is 0 Å². The summed E-state index contributed by atoms with van der Waals surface area (Å²) in [4.78, 5) is 11.5. The third kappa shape index (κ3) is 3.51. The van der Waals surface area contributed by atoms with Crippen LogP contribution in [-0.2, 0) is 22.4 Å². The van der Waals surface area contributed by atoms with Crippen molar-refractivity contribution < 1.29 is 14.3 Å². The fourth-order valence-electron chi connectivity index (χ4n) is 2.52. The van der Waals surface area contributed by atoms with Gasteiger partial charge in [0.15, 0.2) is 0 Å². The van der Waals surface area contributed by atoms with Crippen molar-refractivity contribution in [2.45, 2.75) is 44.6 Å². The number of methoxy groups -OCH3 is 1. The molecule has 0 amide bonds. The van der Waals surface area contributed by atoms with Gasteiger partial charge in [-0.05, 0) is 55.9 Å². The van der Waals surface area contributed by atoms with Crippen molar-refractivity contribution in [2.75, 3.05) is 13.7 Å². The van der Waals surface area contributed by atoms with Gasteiger partial charge in [-0.2, -0.15) is 0 Å². The Morgan fingerprint density at radius 3 is 2.70 bits per heavy atom. The van der Waals surface area contributed by atoms with Crippen LogP contribution in [0.1, 0.15) is 37.3 Å². The molecule has 110 valence electrons. The molecule has 0 aliphatic heterocycles. The monoisotopic (exact) mass is 277 g/mol. The molecule has 1 aromatic carbocycles. The van der Waals surface area contributed by atoms with Crippen LogP contribution in [0.15, 0.2) is 18.2 Å². The normalized spacial score (nSPS) is 16.9. The van der Waals surface area contributed by atoms with Crippen LogP contribution >= 0.6 is 0 Å². The minimum Gasteiger partial charge on any atom is -0.493 e. The molecule has 20 heavy (non-hydrogen) atoms. The number of ether oxygens (including phenoxy) is 2. The van der Waals surface area contributed by atoms with Gasteiger partial charge in [0.05, 0.1) is 13.7 Å². The molecule has 0 radical (unpaired) electrons. The topological polar surface area (TPSA) is 61.5 Å². The SMILES string of the molecule is COC(=O)C(C)(N)CCOc1ccc2c(c1)CCCC2. The summed E-state index contributed by atoms with van der Waals surface area (Å²) in [6.45, 7) is 2.07. The zero-order valence-corrected chi connectivity index (χ0v) is 12.3. The van der Waals surface area contributed by atoms with E-state index < -0.39 is 11.5 Å². The number of carbonyl (C=O) groups excluding carboxylic acids is 1. The molecule has 1 aliphatic carbocycles. The second-order valence-corrected chi connectivity index (χ2v) is 5.65. The Bertz CT molecular complexity index is 483. The number of fused-ring (bicyclic) bond motifs is 1. The Balaban J connectivity index is 1.90. The first-order chi connectivity index (χ1) is 9.53. The molecule has 0 spiro atoms. The first-order valence-corrected chi connectivity index (χ1v) is 7.15. The summed E-state index contributed by atoms with van der Waals surface area (Å²) >= 11 is 0. The molecule has 2 rings (SSSR count). The van der Waals surface area contributed by atoms with Crippen LogP contribution in [0.25, 0.3) is 0 Å². The lowest BCUT2D eigenvalue weighted by molar-refractivity contribution is -0.146. The second kappa shape index (κ2) is 6.27. The van der Waals surface area contributed by atoms with E-state index in [1.54, 1.807) is 6.92 Å². The molecule has 0 aromatic heterocycles. The number of rotatable bonds is 5. The van der Waals surface area contributed by atoms with E-state index in [9.17, 15) is 4.79 Å². The zero-order chi connectivity index (χ0) is 14.6. The molecule has 4 heteroatoms. The van der Waals surface area contributed by atoms with Crippen molar-refractivity contribution in [3.63, 3.8) is 0 Å². The molecule has 0 heterocycles. The molecule has 1 atom stereocenters. The summed E-state index contributed by atoms with van der Waals surface area (Å²) < 4.78 is 10.4. The van der Waals surface area contributed by atoms with Crippen LogP contribution in [0, 0.1) is 0 Å². The molecular formula is C16H23NO3. The van der Waals surface area contributed by atoms with Gasteiger partial charge in [0.1, 0.15) is 11.3 Å². The fraction of sp³-hybridized carbons (Fsp3) is 0.562. The van der Waals surface area contributed by atoms with Crippen molar-refractivity contribution in [1.82, 2.24) is 0 Å². The van der Waals surface area contributed by atoms with Crippen LogP contribution in [-0.4, -0.2) is 25.2 Å². The largest absolute Gasteiger partial charge is 0.493 e. The maximum absolute atomic E-state index is 11.5. The van der Waals surface area contributed by atoms with Crippen molar-refractivity contribution in [2.24, 2.45) is 5.73 Å². The van der Waals surface area contributed by atoms with Crippen LogP contribution in [0.4, 0.5) is 0 Å². The molecule has 2 N–H and O–H groups in total. The molecule has 4 nitrogen and oxygen atoms in total. The Kier molecular flexibility index (Phi) is 4.65. The van der Waals surface area contributed by atoms with Crippen LogP contribution in [0.2, 0.25) is 0 Å². The standard InChI is InChI=1S/C16H23NO3/c1-16(17,15(18)19-2)9-10-20-14-8-7-12-5-3-4-6-13(12)11-14/h7-8,11H,3-6,9-10,17H2,1-2H3. The van der Waals surface area contributed by atoms with Gasteiger partial charge in [-0.1, -0.05) is 6.07 Å². The van der Waals surface area contributed by atoms with Crippen LogP contribution in [0.5, 0.6) is 5.75 Å². The van der Waals surface area contributed by atoms with E-state index >= 15 is 0 Å². The van der Waals surface area contributed by atoms with Gasteiger partial charge in [0.25, 0.3) is 0 Å². The quantitative estimate of drug-likeness (QED) is 0.838. The molecule has 0 saturated carbocycles. The smallest absolute Gasteiger partial charge is 0.325 e. The maximum Gasteiger partial charge on any atom is 0.325 e. The van der Waals surface area contributed by atoms with Gasteiger partial charge in [-0.25, -0.2) is 0 Å². The highest BCUT2D eigenvalue weighted by Gasteiger charge is 2.29. The number of benzene rings is 1. The molecule has 1 unspecified atom stereocenters. The predicted octanol–water partition coefficient (Wildman–Crippen LogP) is 2.22. The third-order valence-corrected chi connectivity index (χ3v) is 3.86. The molecule has 1 aliphatic rings. The van der Waals surface area contributed by atoms with E-state index in [-0.39, 0.29) is 0 Å². The van der Waals surface area contributed by atoms with Crippen molar-refractivity contribution in [3.8, 4) is 5.75 Å². The average Bonchev–Trinajstić information content (AvgIpc) is 2.46. The lowest BCUT2D eigenvalue weighted by Gasteiger charge is -2.22. The highest BCUT2D eigenvalue weighted by Crippen LogP contribution is 2.25. The van der Waals surface area contributed by atoms with Crippen molar-refractivity contribution in [3.05, 3.63) is 29.3 Å². The number of hydrogen-bond donors (Lipinski definition) is 1. The summed E-state index contributed by atoms with van der Waals surface area (Å²) in [5, 5.41) is 0. The molecule has 1 aromatic rings. The number of esters is 1. The Morgan fingerprint density at radius 2 is 2.00 bits per heavy atom. The molecule has 0 fully saturated rings. The molecule has 0 saturated heterocycles.